The van der Waals surface area contributed by atoms with Crippen LogP contribution in [0.15, 0.2) is 85.7 Å². The summed E-state index contributed by atoms with van der Waals surface area (Å²) < 4.78 is 1.84. The average Bonchev–Trinajstić information content (AvgIpc) is 3.60. The molecule has 6 rings (SSSR count). The summed E-state index contributed by atoms with van der Waals surface area (Å²) in [5.41, 5.74) is 5.04. The second kappa shape index (κ2) is 9.85. The molecular formula is C29H27N7O2. The number of hydrogen-bond donors (Lipinski definition) is 3. The molecule has 9 heteroatoms. The fourth-order valence-corrected chi connectivity index (χ4v) is 5.00. The quantitative estimate of drug-likeness (QED) is 0.290. The van der Waals surface area contributed by atoms with E-state index in [-0.39, 0.29) is 17.9 Å². The highest BCUT2D eigenvalue weighted by Gasteiger charge is 2.25. The number of nitrogens with zero attached hydrogens (tertiary/aromatic N) is 4. The molecule has 0 bridgehead atoms. The number of carbonyl (C=O) groups excluding carboxylic acids is 2. The number of aromatic amines is 1. The summed E-state index contributed by atoms with van der Waals surface area (Å²) in [7, 11) is 0. The lowest BCUT2D eigenvalue weighted by atomic mass is 10.0. The van der Waals surface area contributed by atoms with Crippen LogP contribution in [0.5, 0.6) is 0 Å². The van der Waals surface area contributed by atoms with Gasteiger partial charge in [-0.2, -0.15) is 0 Å². The van der Waals surface area contributed by atoms with E-state index >= 15 is 0 Å². The van der Waals surface area contributed by atoms with Crippen molar-refractivity contribution in [3.63, 3.8) is 0 Å². The number of rotatable bonds is 6. The smallest absolute Gasteiger partial charge is 0.253 e. The first-order valence-corrected chi connectivity index (χ1v) is 12.6. The van der Waals surface area contributed by atoms with E-state index in [0.717, 1.165) is 40.5 Å². The molecule has 1 aliphatic heterocycles. The first-order valence-electron chi connectivity index (χ1n) is 12.6. The van der Waals surface area contributed by atoms with Crippen LogP contribution in [0.4, 0.5) is 11.6 Å². The maximum Gasteiger partial charge on any atom is 0.253 e. The molecule has 9 nitrogen and oxygen atoms in total. The minimum Gasteiger partial charge on any atom is -0.360 e. The third-order valence-electron chi connectivity index (χ3n) is 6.86. The Balaban J connectivity index is 1.21. The number of amides is 2. The van der Waals surface area contributed by atoms with E-state index in [0.29, 0.717) is 30.3 Å². The molecule has 4 heterocycles. The second-order valence-electron chi connectivity index (χ2n) is 9.38. The summed E-state index contributed by atoms with van der Waals surface area (Å²) in [6.45, 7) is 4.68. The van der Waals surface area contributed by atoms with Gasteiger partial charge in [0.05, 0.1) is 5.52 Å². The van der Waals surface area contributed by atoms with E-state index in [2.05, 4.69) is 33.4 Å². The van der Waals surface area contributed by atoms with Crippen molar-refractivity contribution in [2.45, 2.75) is 18.9 Å². The van der Waals surface area contributed by atoms with Gasteiger partial charge in [-0.15, -0.1) is 5.10 Å². The van der Waals surface area contributed by atoms with Crippen molar-refractivity contribution >= 4 is 39.9 Å². The maximum atomic E-state index is 13.2. The SMILES string of the molecule is C=CC(=O)Nc1ccc(C(=O)N2CCC[C@@H](Nc3nc(-c4c[nH]c5ccccc45)c4cccn4n3)C2)cc1. The van der Waals surface area contributed by atoms with Crippen LogP contribution in [0.1, 0.15) is 23.2 Å². The van der Waals surface area contributed by atoms with Crippen LogP contribution in [0.3, 0.4) is 0 Å². The van der Waals surface area contributed by atoms with Gasteiger partial charge < -0.3 is 20.5 Å². The second-order valence-corrected chi connectivity index (χ2v) is 9.38. The summed E-state index contributed by atoms with van der Waals surface area (Å²) >= 11 is 0. The molecule has 0 unspecified atom stereocenters. The number of piperidine rings is 1. The number of hydrogen-bond acceptors (Lipinski definition) is 5. The molecule has 5 aromatic rings. The predicted molar refractivity (Wildman–Crippen MR) is 148 cm³/mol. The normalized spacial score (nSPS) is 15.5. The molecule has 1 atom stereocenters. The van der Waals surface area contributed by atoms with Gasteiger partial charge in [0.15, 0.2) is 0 Å². The van der Waals surface area contributed by atoms with E-state index in [1.165, 1.54) is 6.08 Å². The molecule has 3 aromatic heterocycles. The summed E-state index contributed by atoms with van der Waals surface area (Å²) in [6, 6.07) is 19.1. The molecule has 38 heavy (non-hydrogen) atoms. The van der Waals surface area contributed by atoms with Gasteiger partial charge in [-0.3, -0.25) is 9.59 Å². The van der Waals surface area contributed by atoms with E-state index in [1.807, 2.05) is 52.1 Å². The lowest BCUT2D eigenvalue weighted by molar-refractivity contribution is -0.111. The molecule has 1 aliphatic rings. The number of aromatic nitrogens is 4. The van der Waals surface area contributed by atoms with Crippen LogP contribution in [-0.2, 0) is 4.79 Å². The third kappa shape index (κ3) is 4.50. The van der Waals surface area contributed by atoms with E-state index in [9.17, 15) is 9.59 Å². The molecule has 0 aliphatic carbocycles. The van der Waals surface area contributed by atoms with E-state index in [1.54, 1.807) is 24.3 Å². The van der Waals surface area contributed by atoms with E-state index in [4.69, 9.17) is 4.98 Å². The van der Waals surface area contributed by atoms with Crippen molar-refractivity contribution in [2.75, 3.05) is 23.7 Å². The van der Waals surface area contributed by atoms with Gasteiger partial charge in [-0.05, 0) is 61.4 Å². The maximum absolute atomic E-state index is 13.2. The van der Waals surface area contributed by atoms with Crippen molar-refractivity contribution in [3.05, 3.63) is 91.3 Å². The molecule has 0 spiro atoms. The number of fused-ring (bicyclic) bond motifs is 2. The first kappa shape index (κ1) is 23.5. The fraction of sp³-hybridized carbons (Fsp3) is 0.172. The molecular weight excluding hydrogens is 478 g/mol. The first-order chi connectivity index (χ1) is 18.6. The number of anilines is 2. The molecule has 2 amide bonds. The van der Waals surface area contributed by atoms with Crippen LogP contribution >= 0.6 is 0 Å². The third-order valence-corrected chi connectivity index (χ3v) is 6.86. The predicted octanol–water partition coefficient (Wildman–Crippen LogP) is 4.72. The van der Waals surface area contributed by atoms with E-state index < -0.39 is 0 Å². The highest BCUT2D eigenvalue weighted by atomic mass is 16.2. The number of benzene rings is 2. The number of H-pyrrole nitrogens is 1. The molecule has 2 aromatic carbocycles. The Kier molecular flexibility index (Phi) is 6.09. The summed E-state index contributed by atoms with van der Waals surface area (Å²) in [4.78, 5) is 34.8. The van der Waals surface area contributed by atoms with Gasteiger partial charge in [0, 0.05) is 59.2 Å². The zero-order chi connectivity index (χ0) is 26.1. The van der Waals surface area contributed by atoms with Crippen LogP contribution in [0, 0.1) is 0 Å². The number of carbonyl (C=O) groups is 2. The van der Waals surface area contributed by atoms with Gasteiger partial charge in [0.25, 0.3) is 5.91 Å². The lowest BCUT2D eigenvalue weighted by Crippen LogP contribution is -2.45. The van der Waals surface area contributed by atoms with Crippen LogP contribution < -0.4 is 10.6 Å². The Morgan fingerprint density at radius 1 is 1.08 bits per heavy atom. The molecule has 190 valence electrons. The summed E-state index contributed by atoms with van der Waals surface area (Å²) in [5.74, 6) is 0.192. The highest BCUT2D eigenvalue weighted by Crippen LogP contribution is 2.31. The van der Waals surface area contributed by atoms with Gasteiger partial charge in [-0.25, -0.2) is 9.50 Å². The number of nitrogens with one attached hydrogen (secondary N) is 3. The standard InChI is InChI=1S/C29H27N7O2/c1-2-26(37)31-20-13-11-19(12-14-20)28(38)35-15-5-7-21(18-35)32-29-33-27(25-10-6-16-36(25)34-29)23-17-30-24-9-4-3-8-22(23)24/h2-4,6,8-14,16-17,21,30H,1,5,7,15,18H2,(H,31,37)(H,32,34)/t21-/m1/s1. The minimum atomic E-state index is -0.290. The lowest BCUT2D eigenvalue weighted by Gasteiger charge is -2.33. The van der Waals surface area contributed by atoms with Crippen molar-refractivity contribution in [1.82, 2.24) is 24.5 Å². The molecule has 1 saturated heterocycles. The van der Waals surface area contributed by atoms with Crippen molar-refractivity contribution < 1.29 is 9.59 Å². The molecule has 0 saturated carbocycles. The fourth-order valence-electron chi connectivity index (χ4n) is 5.00. The summed E-state index contributed by atoms with van der Waals surface area (Å²) in [6.07, 6.45) is 6.89. The monoisotopic (exact) mass is 505 g/mol. The zero-order valence-corrected chi connectivity index (χ0v) is 20.7. The number of likely N-dealkylation sites (tertiary alicyclic amines) is 1. The molecule has 1 fully saturated rings. The van der Waals surface area contributed by atoms with Gasteiger partial charge in [-0.1, -0.05) is 24.8 Å². The summed E-state index contributed by atoms with van der Waals surface area (Å²) in [5, 5.41) is 12.0. The van der Waals surface area contributed by atoms with Crippen molar-refractivity contribution in [3.8, 4) is 11.3 Å². The largest absolute Gasteiger partial charge is 0.360 e. The van der Waals surface area contributed by atoms with Gasteiger partial charge in [0.2, 0.25) is 11.9 Å². The Morgan fingerprint density at radius 2 is 1.92 bits per heavy atom. The molecule has 3 N–H and O–H groups in total. The van der Waals surface area contributed by atoms with Crippen LogP contribution in [-0.4, -0.2) is 55.4 Å². The Bertz CT molecular complexity index is 1650. The Labute approximate surface area is 219 Å². The Hall–Kier alpha value is -4.92. The zero-order valence-electron chi connectivity index (χ0n) is 20.7. The minimum absolute atomic E-state index is 0.0164. The number of para-hydroxylation sites is 1. The van der Waals surface area contributed by atoms with Crippen LogP contribution in [0.25, 0.3) is 27.7 Å². The van der Waals surface area contributed by atoms with Gasteiger partial charge in [0.1, 0.15) is 5.69 Å². The van der Waals surface area contributed by atoms with Crippen molar-refractivity contribution in [1.29, 1.82) is 0 Å². The van der Waals surface area contributed by atoms with Crippen LogP contribution in [0.2, 0.25) is 0 Å². The van der Waals surface area contributed by atoms with Crippen molar-refractivity contribution in [2.24, 2.45) is 0 Å². The molecule has 0 radical (unpaired) electrons. The highest BCUT2D eigenvalue weighted by molar-refractivity contribution is 6.00. The topological polar surface area (TPSA) is 107 Å². The average molecular weight is 506 g/mol. The Morgan fingerprint density at radius 3 is 2.76 bits per heavy atom. The van der Waals surface area contributed by atoms with Gasteiger partial charge >= 0.3 is 0 Å².